The van der Waals surface area contributed by atoms with Crippen molar-refractivity contribution in [3.8, 4) is 0 Å². The molecule has 0 aromatic rings. The number of nitrogens with zero attached hydrogens (tertiary/aromatic N) is 2. The largest absolute Gasteiger partial charge is 0.370 e. The van der Waals surface area contributed by atoms with Crippen molar-refractivity contribution in [2.45, 2.75) is 39.0 Å². The summed E-state index contributed by atoms with van der Waals surface area (Å²) in [6.45, 7) is 5.44. The Kier molecular flexibility index (Phi) is 5.86. The number of piperidine rings is 1. The lowest BCUT2D eigenvalue weighted by molar-refractivity contribution is 0.277. The van der Waals surface area contributed by atoms with Crippen LogP contribution in [0.15, 0.2) is 4.99 Å². The van der Waals surface area contributed by atoms with E-state index in [1.54, 1.807) is 0 Å². The fourth-order valence-electron chi connectivity index (χ4n) is 2.11. The maximum Gasteiger partial charge on any atom is 0.191 e. The minimum absolute atomic E-state index is 0. The number of aliphatic imine (C=N–C) groups is 1. The van der Waals surface area contributed by atoms with E-state index in [2.05, 4.69) is 16.8 Å². The predicted octanol–water partition coefficient (Wildman–Crippen LogP) is 2.45. The summed E-state index contributed by atoms with van der Waals surface area (Å²) < 4.78 is 0. The lowest BCUT2D eigenvalue weighted by Gasteiger charge is -2.31. The third-order valence-corrected chi connectivity index (χ3v) is 3.62. The predicted molar refractivity (Wildman–Crippen MR) is 79.2 cm³/mol. The van der Waals surface area contributed by atoms with Gasteiger partial charge in [0.05, 0.1) is 0 Å². The highest BCUT2D eigenvalue weighted by atomic mass is 127. The molecule has 1 aliphatic heterocycles. The average Bonchev–Trinajstić information content (AvgIpc) is 3.02. The lowest BCUT2D eigenvalue weighted by atomic mass is 10.00. The summed E-state index contributed by atoms with van der Waals surface area (Å²) >= 11 is 0. The van der Waals surface area contributed by atoms with E-state index in [1.165, 1.54) is 32.1 Å². The molecular formula is C12H24IN3. The van der Waals surface area contributed by atoms with Crippen LogP contribution >= 0.6 is 24.0 Å². The van der Waals surface area contributed by atoms with E-state index >= 15 is 0 Å². The number of hydrogen-bond donors (Lipinski definition) is 1. The van der Waals surface area contributed by atoms with Crippen LogP contribution in [0.4, 0.5) is 0 Å². The summed E-state index contributed by atoms with van der Waals surface area (Å²) in [7, 11) is 0. The van der Waals surface area contributed by atoms with Gasteiger partial charge in [0, 0.05) is 19.6 Å². The van der Waals surface area contributed by atoms with Crippen LogP contribution in [-0.2, 0) is 0 Å². The first-order valence-electron chi connectivity index (χ1n) is 6.30. The standard InChI is InChI=1S/C12H23N3.HI/c1-10-5-8-15(9-6-10)12(13)14-7-4-11-2-3-11;/h10-11H,2-9H2,1H3,(H2,13,14);1H. The molecule has 1 saturated carbocycles. The average molecular weight is 337 g/mol. The molecule has 0 bridgehead atoms. The summed E-state index contributed by atoms with van der Waals surface area (Å²) in [5, 5.41) is 0. The molecule has 2 rings (SSSR count). The Balaban J connectivity index is 0.00000128. The van der Waals surface area contributed by atoms with Crippen LogP contribution in [0.2, 0.25) is 0 Å². The number of nitrogens with two attached hydrogens (primary N) is 1. The Hall–Kier alpha value is 0. The number of likely N-dealkylation sites (tertiary alicyclic amines) is 1. The van der Waals surface area contributed by atoms with Crippen molar-refractivity contribution in [2.75, 3.05) is 19.6 Å². The van der Waals surface area contributed by atoms with Gasteiger partial charge >= 0.3 is 0 Å². The number of hydrogen-bond acceptors (Lipinski definition) is 1. The summed E-state index contributed by atoms with van der Waals surface area (Å²) in [5.41, 5.74) is 5.98. The van der Waals surface area contributed by atoms with E-state index in [9.17, 15) is 0 Å². The molecule has 2 N–H and O–H groups in total. The van der Waals surface area contributed by atoms with Gasteiger partial charge in [-0.25, -0.2) is 0 Å². The van der Waals surface area contributed by atoms with E-state index in [1.807, 2.05) is 0 Å². The van der Waals surface area contributed by atoms with Crippen LogP contribution in [-0.4, -0.2) is 30.5 Å². The molecule has 2 aliphatic rings. The van der Waals surface area contributed by atoms with Crippen LogP contribution in [0.3, 0.4) is 0 Å². The minimum Gasteiger partial charge on any atom is -0.370 e. The number of guanidine groups is 1. The molecular weight excluding hydrogens is 313 g/mol. The van der Waals surface area contributed by atoms with Crippen molar-refractivity contribution in [3.05, 3.63) is 0 Å². The van der Waals surface area contributed by atoms with Gasteiger partial charge in [-0.1, -0.05) is 19.8 Å². The SMILES string of the molecule is CC1CCN(C(N)=NCCC2CC2)CC1.I. The first kappa shape index (κ1) is 14.1. The van der Waals surface area contributed by atoms with Crippen LogP contribution in [0.25, 0.3) is 0 Å². The van der Waals surface area contributed by atoms with Gasteiger partial charge in [0.15, 0.2) is 5.96 Å². The van der Waals surface area contributed by atoms with Crippen molar-refractivity contribution < 1.29 is 0 Å². The van der Waals surface area contributed by atoms with Gasteiger partial charge in [0.2, 0.25) is 0 Å². The lowest BCUT2D eigenvalue weighted by Crippen LogP contribution is -2.42. The quantitative estimate of drug-likeness (QED) is 0.488. The van der Waals surface area contributed by atoms with Crippen LogP contribution in [0, 0.1) is 11.8 Å². The first-order chi connectivity index (χ1) is 7.25. The molecule has 0 radical (unpaired) electrons. The van der Waals surface area contributed by atoms with Crippen LogP contribution in [0.1, 0.15) is 39.0 Å². The topological polar surface area (TPSA) is 41.6 Å². The molecule has 16 heavy (non-hydrogen) atoms. The fraction of sp³-hybridized carbons (Fsp3) is 0.917. The molecule has 0 aromatic heterocycles. The van der Waals surface area contributed by atoms with Gasteiger partial charge < -0.3 is 10.6 Å². The smallest absolute Gasteiger partial charge is 0.191 e. The molecule has 0 amide bonds. The normalized spacial score (nSPS) is 23.1. The highest BCUT2D eigenvalue weighted by Crippen LogP contribution is 2.32. The molecule has 1 saturated heterocycles. The summed E-state index contributed by atoms with van der Waals surface area (Å²) in [5.74, 6) is 2.60. The zero-order valence-electron chi connectivity index (χ0n) is 10.2. The van der Waals surface area contributed by atoms with Crippen molar-refractivity contribution in [3.63, 3.8) is 0 Å². The highest BCUT2D eigenvalue weighted by Gasteiger charge is 2.21. The third kappa shape index (κ3) is 4.47. The number of halogens is 1. The molecule has 0 unspecified atom stereocenters. The third-order valence-electron chi connectivity index (χ3n) is 3.62. The Bertz CT molecular complexity index is 230. The van der Waals surface area contributed by atoms with Gasteiger partial charge in [0.1, 0.15) is 0 Å². The second-order valence-electron chi connectivity index (χ2n) is 5.14. The van der Waals surface area contributed by atoms with E-state index in [4.69, 9.17) is 5.73 Å². The fourth-order valence-corrected chi connectivity index (χ4v) is 2.11. The maximum atomic E-state index is 5.98. The van der Waals surface area contributed by atoms with Crippen molar-refractivity contribution >= 4 is 29.9 Å². The van der Waals surface area contributed by atoms with Crippen molar-refractivity contribution in [2.24, 2.45) is 22.6 Å². The van der Waals surface area contributed by atoms with Gasteiger partial charge in [-0.2, -0.15) is 0 Å². The molecule has 0 atom stereocenters. The minimum atomic E-state index is 0. The van der Waals surface area contributed by atoms with E-state index in [0.717, 1.165) is 37.4 Å². The van der Waals surface area contributed by atoms with E-state index < -0.39 is 0 Å². The summed E-state index contributed by atoms with van der Waals surface area (Å²) in [6.07, 6.45) is 6.59. The van der Waals surface area contributed by atoms with Gasteiger partial charge in [-0.3, -0.25) is 4.99 Å². The Morgan fingerprint density at radius 1 is 1.25 bits per heavy atom. The second kappa shape index (κ2) is 6.67. The molecule has 0 spiro atoms. The second-order valence-corrected chi connectivity index (χ2v) is 5.14. The zero-order valence-corrected chi connectivity index (χ0v) is 12.5. The number of rotatable bonds is 3. The summed E-state index contributed by atoms with van der Waals surface area (Å²) in [6, 6.07) is 0. The Morgan fingerprint density at radius 2 is 1.88 bits per heavy atom. The summed E-state index contributed by atoms with van der Waals surface area (Å²) in [4.78, 5) is 6.72. The van der Waals surface area contributed by atoms with E-state index in [-0.39, 0.29) is 24.0 Å². The van der Waals surface area contributed by atoms with Crippen LogP contribution in [0.5, 0.6) is 0 Å². The van der Waals surface area contributed by atoms with Gasteiger partial charge in [-0.15, -0.1) is 24.0 Å². The van der Waals surface area contributed by atoms with Gasteiger partial charge in [-0.05, 0) is 31.1 Å². The molecule has 4 heteroatoms. The molecule has 1 aliphatic carbocycles. The van der Waals surface area contributed by atoms with Gasteiger partial charge in [0.25, 0.3) is 0 Å². The Morgan fingerprint density at radius 3 is 2.44 bits per heavy atom. The molecule has 3 nitrogen and oxygen atoms in total. The maximum absolute atomic E-state index is 5.98. The monoisotopic (exact) mass is 337 g/mol. The first-order valence-corrected chi connectivity index (χ1v) is 6.30. The van der Waals surface area contributed by atoms with Crippen molar-refractivity contribution in [1.29, 1.82) is 0 Å². The molecule has 0 aromatic carbocycles. The van der Waals surface area contributed by atoms with E-state index in [0.29, 0.717) is 0 Å². The zero-order chi connectivity index (χ0) is 10.7. The van der Waals surface area contributed by atoms with Crippen LogP contribution < -0.4 is 5.73 Å². The Labute approximate surface area is 116 Å². The highest BCUT2D eigenvalue weighted by molar-refractivity contribution is 14.0. The van der Waals surface area contributed by atoms with Crippen molar-refractivity contribution in [1.82, 2.24) is 4.90 Å². The molecule has 2 fully saturated rings. The molecule has 1 heterocycles. The molecule has 94 valence electrons.